The predicted molar refractivity (Wildman–Crippen MR) is 84.9 cm³/mol. The zero-order valence-corrected chi connectivity index (χ0v) is 13.9. The minimum atomic E-state index is -1.03. The molecule has 5 heteroatoms. The molecule has 0 bridgehead atoms. The first-order valence-electron chi connectivity index (χ1n) is 7.23. The zero-order valence-electron chi connectivity index (χ0n) is 13.2. The summed E-state index contributed by atoms with van der Waals surface area (Å²) in [5.41, 5.74) is -1.03. The number of halogens is 1. The Kier molecular flexibility index (Phi) is 6.99. The highest BCUT2D eigenvalue weighted by Gasteiger charge is 2.31. The number of benzene rings is 1. The fraction of sp³-hybridized carbons (Fsp3) is 0.562. The number of hydrogen-bond donors (Lipinski definition) is 0. The summed E-state index contributed by atoms with van der Waals surface area (Å²) in [6, 6.07) is 6.90. The second-order valence-electron chi connectivity index (χ2n) is 5.23. The van der Waals surface area contributed by atoms with Gasteiger partial charge in [0.15, 0.2) is 5.60 Å². The van der Waals surface area contributed by atoms with Crippen molar-refractivity contribution in [1.82, 2.24) is 4.90 Å². The Morgan fingerprint density at radius 1 is 1.19 bits per heavy atom. The molecule has 1 aromatic rings. The lowest BCUT2D eigenvalue weighted by molar-refractivity contribution is -0.159. The maximum Gasteiger partial charge on any atom is 0.349 e. The molecule has 0 atom stereocenters. The summed E-state index contributed by atoms with van der Waals surface area (Å²) in [5, 5.41) is 0.627. The van der Waals surface area contributed by atoms with Crippen LogP contribution in [0.1, 0.15) is 27.7 Å². The standard InChI is InChI=1S/C16H24ClNO3/c1-5-18(6-2)11-12-20-15(19)16(3,4)21-14-9-7-13(17)8-10-14/h7-10H,5-6,11-12H2,1-4H3. The first-order chi connectivity index (χ1) is 9.89. The van der Waals surface area contributed by atoms with Gasteiger partial charge in [0, 0.05) is 11.6 Å². The Morgan fingerprint density at radius 3 is 2.29 bits per heavy atom. The van der Waals surface area contributed by atoms with E-state index < -0.39 is 5.60 Å². The van der Waals surface area contributed by atoms with E-state index in [4.69, 9.17) is 21.1 Å². The van der Waals surface area contributed by atoms with Gasteiger partial charge in [0.2, 0.25) is 0 Å². The Morgan fingerprint density at radius 2 is 1.76 bits per heavy atom. The zero-order chi connectivity index (χ0) is 15.9. The molecule has 4 nitrogen and oxygen atoms in total. The molecule has 118 valence electrons. The Labute approximate surface area is 132 Å². The number of carbonyl (C=O) groups excluding carboxylic acids is 1. The number of rotatable bonds is 8. The number of nitrogens with zero attached hydrogens (tertiary/aromatic N) is 1. The lowest BCUT2D eigenvalue weighted by Crippen LogP contribution is -2.41. The van der Waals surface area contributed by atoms with E-state index in [-0.39, 0.29) is 5.97 Å². The first-order valence-corrected chi connectivity index (χ1v) is 7.61. The van der Waals surface area contributed by atoms with Crippen molar-refractivity contribution < 1.29 is 14.3 Å². The van der Waals surface area contributed by atoms with Gasteiger partial charge in [0.05, 0.1) is 0 Å². The van der Waals surface area contributed by atoms with Crippen LogP contribution in [-0.4, -0.2) is 42.7 Å². The third kappa shape index (κ3) is 5.94. The molecule has 0 radical (unpaired) electrons. The molecule has 0 aromatic heterocycles. The largest absolute Gasteiger partial charge is 0.476 e. The van der Waals surface area contributed by atoms with E-state index in [9.17, 15) is 4.79 Å². The van der Waals surface area contributed by atoms with Crippen molar-refractivity contribution >= 4 is 17.6 Å². The lowest BCUT2D eigenvalue weighted by atomic mass is 10.1. The Balaban J connectivity index is 2.49. The van der Waals surface area contributed by atoms with Crippen LogP contribution in [0, 0.1) is 0 Å². The van der Waals surface area contributed by atoms with Crippen LogP contribution in [0.2, 0.25) is 5.02 Å². The third-order valence-electron chi connectivity index (χ3n) is 3.21. The van der Waals surface area contributed by atoms with Crippen molar-refractivity contribution in [2.75, 3.05) is 26.2 Å². The van der Waals surface area contributed by atoms with Crippen LogP contribution in [0.15, 0.2) is 24.3 Å². The molecular weight excluding hydrogens is 290 g/mol. The number of ether oxygens (including phenoxy) is 2. The topological polar surface area (TPSA) is 38.8 Å². The van der Waals surface area contributed by atoms with E-state index in [1.54, 1.807) is 38.1 Å². The van der Waals surface area contributed by atoms with Crippen LogP contribution in [-0.2, 0) is 9.53 Å². The highest BCUT2D eigenvalue weighted by Crippen LogP contribution is 2.21. The van der Waals surface area contributed by atoms with Crippen molar-refractivity contribution in [2.45, 2.75) is 33.3 Å². The molecule has 0 spiro atoms. The molecule has 0 aliphatic rings. The molecule has 0 unspecified atom stereocenters. The van der Waals surface area contributed by atoms with Crippen LogP contribution in [0.25, 0.3) is 0 Å². The fourth-order valence-corrected chi connectivity index (χ4v) is 1.95. The molecule has 0 amide bonds. The van der Waals surface area contributed by atoms with Crippen LogP contribution in [0.3, 0.4) is 0 Å². The van der Waals surface area contributed by atoms with Crippen LogP contribution >= 0.6 is 11.6 Å². The summed E-state index contributed by atoms with van der Waals surface area (Å²) in [5.74, 6) is 0.217. The molecule has 1 rings (SSSR count). The fourth-order valence-electron chi connectivity index (χ4n) is 1.82. The van der Waals surface area contributed by atoms with Gasteiger partial charge >= 0.3 is 5.97 Å². The van der Waals surface area contributed by atoms with Gasteiger partial charge in [0.25, 0.3) is 0 Å². The number of esters is 1. The molecule has 1 aromatic carbocycles. The summed E-state index contributed by atoms with van der Waals surface area (Å²) >= 11 is 5.82. The van der Waals surface area contributed by atoms with E-state index >= 15 is 0 Å². The summed E-state index contributed by atoms with van der Waals surface area (Å²) in [6.45, 7) is 10.5. The maximum atomic E-state index is 12.1. The van der Waals surface area contributed by atoms with Crippen molar-refractivity contribution in [2.24, 2.45) is 0 Å². The van der Waals surface area contributed by atoms with Gasteiger partial charge in [0.1, 0.15) is 12.4 Å². The molecule has 0 heterocycles. The molecular formula is C16H24ClNO3. The monoisotopic (exact) mass is 313 g/mol. The van der Waals surface area contributed by atoms with Crippen molar-refractivity contribution in [3.8, 4) is 5.75 Å². The second-order valence-corrected chi connectivity index (χ2v) is 5.67. The van der Waals surface area contributed by atoms with Gasteiger partial charge < -0.3 is 14.4 Å². The molecule has 21 heavy (non-hydrogen) atoms. The molecule has 0 fully saturated rings. The minimum absolute atomic E-state index is 0.369. The molecule has 0 saturated carbocycles. The van der Waals surface area contributed by atoms with E-state index in [0.29, 0.717) is 17.4 Å². The predicted octanol–water partition coefficient (Wildman–Crippen LogP) is 3.38. The molecule has 0 aliphatic carbocycles. The molecule has 0 aliphatic heterocycles. The van der Waals surface area contributed by atoms with Gasteiger partial charge in [-0.2, -0.15) is 0 Å². The number of carbonyl (C=O) groups is 1. The summed E-state index contributed by atoms with van der Waals surface area (Å²) in [4.78, 5) is 14.3. The average molecular weight is 314 g/mol. The van der Waals surface area contributed by atoms with Gasteiger partial charge in [-0.3, -0.25) is 0 Å². The summed E-state index contributed by atoms with van der Waals surface area (Å²) < 4.78 is 11.0. The van der Waals surface area contributed by atoms with Crippen LogP contribution < -0.4 is 4.74 Å². The quantitative estimate of drug-likeness (QED) is 0.690. The van der Waals surface area contributed by atoms with E-state index in [1.807, 2.05) is 0 Å². The SMILES string of the molecule is CCN(CC)CCOC(=O)C(C)(C)Oc1ccc(Cl)cc1. The molecule has 0 N–H and O–H groups in total. The van der Waals surface area contributed by atoms with Gasteiger partial charge in [-0.25, -0.2) is 4.79 Å². The summed E-state index contributed by atoms with van der Waals surface area (Å²) in [6.07, 6.45) is 0. The van der Waals surface area contributed by atoms with Crippen molar-refractivity contribution in [1.29, 1.82) is 0 Å². The number of hydrogen-bond acceptors (Lipinski definition) is 4. The highest BCUT2D eigenvalue weighted by atomic mass is 35.5. The summed E-state index contributed by atoms with van der Waals surface area (Å²) in [7, 11) is 0. The Bertz CT molecular complexity index is 441. The third-order valence-corrected chi connectivity index (χ3v) is 3.47. The normalized spacial score (nSPS) is 11.5. The minimum Gasteiger partial charge on any atom is -0.476 e. The van der Waals surface area contributed by atoms with Gasteiger partial charge in [-0.05, 0) is 51.2 Å². The maximum absolute atomic E-state index is 12.1. The smallest absolute Gasteiger partial charge is 0.349 e. The van der Waals surface area contributed by atoms with E-state index in [2.05, 4.69) is 18.7 Å². The highest BCUT2D eigenvalue weighted by molar-refractivity contribution is 6.30. The van der Waals surface area contributed by atoms with E-state index in [1.165, 1.54) is 0 Å². The number of likely N-dealkylation sites (N-methyl/N-ethyl adjacent to an activating group) is 1. The van der Waals surface area contributed by atoms with Crippen LogP contribution in [0.5, 0.6) is 5.75 Å². The van der Waals surface area contributed by atoms with E-state index in [0.717, 1.165) is 19.6 Å². The first kappa shape index (κ1) is 17.8. The van der Waals surface area contributed by atoms with Gasteiger partial charge in [-0.1, -0.05) is 25.4 Å². The lowest BCUT2D eigenvalue weighted by Gasteiger charge is -2.25. The van der Waals surface area contributed by atoms with Crippen molar-refractivity contribution in [3.63, 3.8) is 0 Å². The van der Waals surface area contributed by atoms with Gasteiger partial charge in [-0.15, -0.1) is 0 Å². The molecule has 0 saturated heterocycles. The van der Waals surface area contributed by atoms with Crippen molar-refractivity contribution in [3.05, 3.63) is 29.3 Å². The van der Waals surface area contributed by atoms with Crippen LogP contribution in [0.4, 0.5) is 0 Å². The second kappa shape index (κ2) is 8.25. The Hall–Kier alpha value is -1.26. The average Bonchev–Trinajstić information content (AvgIpc) is 2.45.